The van der Waals surface area contributed by atoms with E-state index in [4.69, 9.17) is 5.73 Å². The van der Waals surface area contributed by atoms with Crippen molar-refractivity contribution in [2.75, 3.05) is 0 Å². The molecule has 0 spiro atoms. The average Bonchev–Trinajstić information content (AvgIpc) is 2.38. The van der Waals surface area contributed by atoms with Crippen LogP contribution < -0.4 is 5.73 Å². The van der Waals surface area contributed by atoms with Crippen molar-refractivity contribution in [3.05, 3.63) is 35.9 Å². The molecule has 5 rings (SSSR count). The first-order valence-corrected chi connectivity index (χ1v) is 8.06. The van der Waals surface area contributed by atoms with Crippen molar-refractivity contribution in [2.45, 2.75) is 50.5 Å². The summed E-state index contributed by atoms with van der Waals surface area (Å²) in [6, 6.07) is 11.1. The van der Waals surface area contributed by atoms with E-state index >= 15 is 0 Å². The number of nitrogens with two attached hydrogens (primary N) is 1. The Morgan fingerprint density at radius 2 is 1.84 bits per heavy atom. The first-order valence-electron chi connectivity index (χ1n) is 8.06. The maximum Gasteiger partial charge on any atom is 0.0260 e. The smallest absolute Gasteiger partial charge is 0.0260 e. The Hall–Kier alpha value is -0.820. The lowest BCUT2D eigenvalue weighted by molar-refractivity contribution is -0.0759. The van der Waals surface area contributed by atoms with Crippen LogP contribution in [0.15, 0.2) is 30.3 Å². The van der Waals surface area contributed by atoms with Crippen LogP contribution in [-0.4, -0.2) is 5.54 Å². The summed E-state index contributed by atoms with van der Waals surface area (Å²) in [7, 11) is 0. The molecule has 0 saturated heterocycles. The molecule has 6 atom stereocenters. The Balaban J connectivity index is 1.79. The van der Waals surface area contributed by atoms with E-state index in [0.29, 0.717) is 5.92 Å². The summed E-state index contributed by atoms with van der Waals surface area (Å²) in [5.41, 5.74) is 8.65. The van der Waals surface area contributed by atoms with Crippen molar-refractivity contribution in [1.82, 2.24) is 0 Å². The van der Waals surface area contributed by atoms with Gasteiger partial charge in [0.15, 0.2) is 0 Å². The van der Waals surface area contributed by atoms with Crippen LogP contribution in [0.1, 0.15) is 50.5 Å². The van der Waals surface area contributed by atoms with E-state index in [2.05, 4.69) is 37.3 Å². The topological polar surface area (TPSA) is 26.0 Å². The van der Waals surface area contributed by atoms with Crippen molar-refractivity contribution >= 4 is 0 Å². The van der Waals surface area contributed by atoms with Gasteiger partial charge >= 0.3 is 0 Å². The van der Waals surface area contributed by atoms with Crippen LogP contribution >= 0.6 is 0 Å². The van der Waals surface area contributed by atoms with Crippen LogP contribution in [0.5, 0.6) is 0 Å². The molecular weight excluding hydrogens is 230 g/mol. The molecule has 1 heteroatoms. The summed E-state index contributed by atoms with van der Waals surface area (Å²) < 4.78 is 0. The van der Waals surface area contributed by atoms with Crippen LogP contribution in [0, 0.1) is 23.7 Å². The van der Waals surface area contributed by atoms with E-state index in [-0.39, 0.29) is 5.54 Å². The van der Waals surface area contributed by atoms with Gasteiger partial charge in [-0.2, -0.15) is 0 Å². The highest BCUT2D eigenvalue weighted by Crippen LogP contribution is 2.63. The fourth-order valence-electron chi connectivity index (χ4n) is 6.14. The zero-order valence-corrected chi connectivity index (χ0v) is 11.9. The van der Waals surface area contributed by atoms with Crippen molar-refractivity contribution < 1.29 is 0 Å². The van der Waals surface area contributed by atoms with Crippen LogP contribution in [0.3, 0.4) is 0 Å². The van der Waals surface area contributed by atoms with Gasteiger partial charge in [-0.25, -0.2) is 0 Å². The SMILES string of the molecule is CCC1C2CC3CC(C2)C(c2ccccc2)[C@]1(N)C3. The molecule has 5 unspecified atom stereocenters. The summed E-state index contributed by atoms with van der Waals surface area (Å²) in [5, 5.41) is 0. The molecule has 4 bridgehead atoms. The first-order chi connectivity index (χ1) is 9.22. The molecule has 1 nitrogen and oxygen atoms in total. The second-order valence-electron chi connectivity index (χ2n) is 7.31. The average molecular weight is 255 g/mol. The van der Waals surface area contributed by atoms with Gasteiger partial charge in [0.05, 0.1) is 0 Å². The number of hydrogen-bond acceptors (Lipinski definition) is 1. The Morgan fingerprint density at radius 1 is 1.11 bits per heavy atom. The fourth-order valence-corrected chi connectivity index (χ4v) is 6.14. The lowest BCUT2D eigenvalue weighted by atomic mass is 9.43. The summed E-state index contributed by atoms with van der Waals surface area (Å²) in [6.45, 7) is 2.35. The Labute approximate surface area is 116 Å². The van der Waals surface area contributed by atoms with Crippen molar-refractivity contribution in [2.24, 2.45) is 29.4 Å². The van der Waals surface area contributed by atoms with Crippen LogP contribution in [0.4, 0.5) is 0 Å². The fraction of sp³-hybridized carbons (Fsp3) is 0.667. The van der Waals surface area contributed by atoms with Gasteiger partial charge < -0.3 is 5.73 Å². The summed E-state index contributed by atoms with van der Waals surface area (Å²) in [6.07, 6.45) is 6.89. The largest absolute Gasteiger partial charge is 0.324 e. The van der Waals surface area contributed by atoms with Gasteiger partial charge in [0.1, 0.15) is 0 Å². The minimum absolute atomic E-state index is 0.0881. The van der Waals surface area contributed by atoms with E-state index in [1.165, 1.54) is 37.7 Å². The van der Waals surface area contributed by atoms with Crippen molar-refractivity contribution in [3.63, 3.8) is 0 Å². The molecule has 0 amide bonds. The molecule has 2 N–H and O–H groups in total. The Kier molecular flexibility index (Phi) is 2.57. The standard InChI is InChI=1S/C18H25N/c1-2-16-14-8-12-9-15(10-14)17(18(16,19)11-12)13-6-4-3-5-7-13/h3-7,12,14-17H,2,8-11,19H2,1H3/t12?,14?,15?,16?,17?,18-/m0/s1. The zero-order chi connectivity index (χ0) is 13.0. The van der Waals surface area contributed by atoms with E-state index < -0.39 is 0 Å². The molecule has 0 radical (unpaired) electrons. The molecular formula is C18H25N. The molecule has 0 aliphatic heterocycles. The van der Waals surface area contributed by atoms with Crippen molar-refractivity contribution in [1.29, 1.82) is 0 Å². The van der Waals surface area contributed by atoms with Crippen LogP contribution in [0.25, 0.3) is 0 Å². The number of benzene rings is 1. The maximum atomic E-state index is 7.05. The Morgan fingerprint density at radius 3 is 2.58 bits per heavy atom. The molecule has 1 aromatic carbocycles. The van der Waals surface area contributed by atoms with Gasteiger partial charge in [-0.05, 0) is 54.9 Å². The zero-order valence-electron chi connectivity index (χ0n) is 11.9. The highest BCUT2D eigenvalue weighted by molar-refractivity contribution is 5.30. The van der Waals surface area contributed by atoms with Gasteiger partial charge in [0, 0.05) is 11.5 Å². The molecule has 4 aliphatic rings. The summed E-state index contributed by atoms with van der Waals surface area (Å²) >= 11 is 0. The summed E-state index contributed by atoms with van der Waals surface area (Å²) in [4.78, 5) is 0. The van der Waals surface area contributed by atoms with E-state index in [0.717, 1.165) is 23.7 Å². The predicted molar refractivity (Wildman–Crippen MR) is 78.8 cm³/mol. The van der Waals surface area contributed by atoms with Gasteiger partial charge in [-0.3, -0.25) is 0 Å². The minimum Gasteiger partial charge on any atom is -0.324 e. The van der Waals surface area contributed by atoms with E-state index in [1.54, 1.807) is 0 Å². The molecule has 19 heavy (non-hydrogen) atoms. The quantitative estimate of drug-likeness (QED) is 0.851. The van der Waals surface area contributed by atoms with E-state index in [1.807, 2.05) is 0 Å². The third kappa shape index (κ3) is 1.57. The molecule has 0 aromatic heterocycles. The lowest BCUT2D eigenvalue weighted by Gasteiger charge is -2.64. The van der Waals surface area contributed by atoms with Gasteiger partial charge in [0.25, 0.3) is 0 Å². The molecule has 0 heterocycles. The second kappa shape index (κ2) is 4.09. The number of rotatable bonds is 2. The third-order valence-electron chi connectivity index (χ3n) is 6.43. The lowest BCUT2D eigenvalue weighted by Crippen LogP contribution is -2.66. The monoisotopic (exact) mass is 255 g/mol. The normalized spacial score (nSPS) is 47.6. The highest BCUT2D eigenvalue weighted by atomic mass is 14.9. The highest BCUT2D eigenvalue weighted by Gasteiger charge is 2.59. The maximum absolute atomic E-state index is 7.05. The molecule has 102 valence electrons. The minimum atomic E-state index is 0.0881. The van der Waals surface area contributed by atoms with Crippen LogP contribution in [0.2, 0.25) is 0 Å². The third-order valence-corrected chi connectivity index (χ3v) is 6.43. The van der Waals surface area contributed by atoms with Gasteiger partial charge in [0.2, 0.25) is 0 Å². The second-order valence-corrected chi connectivity index (χ2v) is 7.31. The van der Waals surface area contributed by atoms with Crippen LogP contribution in [-0.2, 0) is 0 Å². The van der Waals surface area contributed by atoms with E-state index in [9.17, 15) is 0 Å². The predicted octanol–water partition coefficient (Wildman–Crippen LogP) is 3.94. The van der Waals surface area contributed by atoms with Crippen molar-refractivity contribution in [3.8, 4) is 0 Å². The Bertz CT molecular complexity index is 468. The molecule has 4 aliphatic carbocycles. The summed E-state index contributed by atoms with van der Waals surface area (Å²) in [5.74, 6) is 4.08. The molecule has 4 saturated carbocycles. The van der Waals surface area contributed by atoms with Gasteiger partial charge in [-0.1, -0.05) is 43.7 Å². The first kappa shape index (κ1) is 12.0. The van der Waals surface area contributed by atoms with Gasteiger partial charge in [-0.15, -0.1) is 0 Å². The molecule has 4 fully saturated rings. The molecule has 1 aromatic rings. The number of hydrogen-bond donors (Lipinski definition) is 1.